The molecule has 4 aromatic rings. The van der Waals surface area contributed by atoms with Gasteiger partial charge in [-0.15, -0.1) is 0 Å². The van der Waals surface area contributed by atoms with Gasteiger partial charge in [0.1, 0.15) is 24.7 Å². The van der Waals surface area contributed by atoms with Gasteiger partial charge in [0.05, 0.1) is 17.2 Å². The number of rotatable bonds is 8. The molecular weight excluding hydrogens is 400 g/mol. The van der Waals surface area contributed by atoms with Crippen LogP contribution in [-0.2, 0) is 17.9 Å². The molecule has 0 bridgehead atoms. The maximum atomic E-state index is 12.5. The first-order chi connectivity index (χ1) is 15.6. The SMILES string of the molecule is CC(C)c1nc2ccccc2n1CC(=O)N/N=C/c1cccc(OCc2ccccc2)c1. The third-order valence-electron chi connectivity index (χ3n) is 5.01. The average molecular weight is 427 g/mol. The predicted molar refractivity (Wildman–Crippen MR) is 127 cm³/mol. The number of nitrogens with zero attached hydrogens (tertiary/aromatic N) is 3. The molecule has 6 nitrogen and oxygen atoms in total. The Morgan fingerprint density at radius 2 is 1.84 bits per heavy atom. The Bertz CT molecular complexity index is 1230. The zero-order valence-corrected chi connectivity index (χ0v) is 18.2. The van der Waals surface area contributed by atoms with Crippen LogP contribution in [0.2, 0.25) is 0 Å². The fraction of sp³-hybridized carbons (Fsp3) is 0.192. The van der Waals surface area contributed by atoms with Gasteiger partial charge in [0.25, 0.3) is 5.91 Å². The standard InChI is InChI=1S/C26H26N4O2/c1-19(2)26-28-23-13-6-7-14-24(23)30(26)17-25(31)29-27-16-21-11-8-12-22(15-21)32-18-20-9-4-3-5-10-20/h3-16,19H,17-18H2,1-2H3,(H,29,31)/b27-16+. The van der Waals surface area contributed by atoms with E-state index in [-0.39, 0.29) is 18.4 Å². The van der Waals surface area contributed by atoms with Gasteiger partial charge in [-0.1, -0.05) is 68.4 Å². The number of amides is 1. The molecule has 6 heteroatoms. The van der Waals surface area contributed by atoms with Gasteiger partial charge in [0.15, 0.2) is 0 Å². The van der Waals surface area contributed by atoms with Crippen LogP contribution < -0.4 is 10.2 Å². The number of fused-ring (bicyclic) bond motifs is 1. The minimum Gasteiger partial charge on any atom is -0.489 e. The number of hydrazone groups is 1. The third-order valence-corrected chi connectivity index (χ3v) is 5.01. The predicted octanol–water partition coefficient (Wildman–Crippen LogP) is 4.89. The number of carbonyl (C=O) groups excluding carboxylic acids is 1. The summed E-state index contributed by atoms with van der Waals surface area (Å²) in [6.07, 6.45) is 1.61. The van der Waals surface area contributed by atoms with Crippen LogP contribution >= 0.6 is 0 Å². The summed E-state index contributed by atoms with van der Waals surface area (Å²) in [5, 5.41) is 4.12. The van der Waals surface area contributed by atoms with Gasteiger partial charge >= 0.3 is 0 Å². The topological polar surface area (TPSA) is 68.5 Å². The molecule has 0 unspecified atom stereocenters. The van der Waals surface area contributed by atoms with E-state index < -0.39 is 0 Å². The van der Waals surface area contributed by atoms with Gasteiger partial charge in [-0.05, 0) is 35.4 Å². The zero-order chi connectivity index (χ0) is 22.3. The Kier molecular flexibility index (Phi) is 6.60. The summed E-state index contributed by atoms with van der Waals surface area (Å²) in [6, 6.07) is 25.4. The minimum atomic E-state index is -0.206. The van der Waals surface area contributed by atoms with Gasteiger partial charge in [0, 0.05) is 5.92 Å². The molecule has 1 heterocycles. The van der Waals surface area contributed by atoms with Crippen molar-refractivity contribution in [2.24, 2.45) is 5.10 Å². The van der Waals surface area contributed by atoms with E-state index in [0.717, 1.165) is 33.7 Å². The summed E-state index contributed by atoms with van der Waals surface area (Å²) in [7, 11) is 0. The summed E-state index contributed by atoms with van der Waals surface area (Å²) < 4.78 is 7.79. The van der Waals surface area contributed by atoms with Crippen molar-refractivity contribution < 1.29 is 9.53 Å². The van der Waals surface area contributed by atoms with Crippen LogP contribution in [0.1, 0.15) is 36.7 Å². The molecule has 4 rings (SSSR count). The monoisotopic (exact) mass is 426 g/mol. The third kappa shape index (κ3) is 5.21. The lowest BCUT2D eigenvalue weighted by Gasteiger charge is -2.10. The van der Waals surface area contributed by atoms with Crippen molar-refractivity contribution in [3.63, 3.8) is 0 Å². The second-order valence-electron chi connectivity index (χ2n) is 7.84. The minimum absolute atomic E-state index is 0.158. The second-order valence-corrected chi connectivity index (χ2v) is 7.84. The van der Waals surface area contributed by atoms with Crippen molar-refractivity contribution >= 4 is 23.2 Å². The second kappa shape index (κ2) is 9.92. The number of aromatic nitrogens is 2. The largest absolute Gasteiger partial charge is 0.489 e. The molecule has 0 aliphatic carbocycles. The van der Waals surface area contributed by atoms with Gasteiger partial charge in [0.2, 0.25) is 0 Å². The lowest BCUT2D eigenvalue weighted by Crippen LogP contribution is -2.24. The summed E-state index contributed by atoms with van der Waals surface area (Å²) in [5.74, 6) is 1.63. The molecule has 0 spiro atoms. The lowest BCUT2D eigenvalue weighted by molar-refractivity contribution is -0.121. The highest BCUT2D eigenvalue weighted by molar-refractivity contribution is 5.84. The molecule has 0 aliphatic rings. The Hall–Kier alpha value is -3.93. The van der Waals surface area contributed by atoms with Crippen molar-refractivity contribution in [1.29, 1.82) is 0 Å². The van der Waals surface area contributed by atoms with Crippen molar-refractivity contribution in [2.75, 3.05) is 0 Å². The maximum absolute atomic E-state index is 12.5. The van der Waals surface area contributed by atoms with E-state index in [9.17, 15) is 4.79 Å². The molecule has 1 amide bonds. The normalized spacial score (nSPS) is 11.3. The van der Waals surface area contributed by atoms with Crippen LogP contribution in [0.15, 0.2) is 84.0 Å². The van der Waals surface area contributed by atoms with E-state index in [2.05, 4.69) is 29.4 Å². The number of ether oxygens (including phenoxy) is 1. The number of hydrogen-bond donors (Lipinski definition) is 1. The van der Waals surface area contributed by atoms with Gasteiger partial charge in [-0.3, -0.25) is 4.79 Å². The summed E-state index contributed by atoms with van der Waals surface area (Å²) in [6.45, 7) is 4.79. The summed E-state index contributed by atoms with van der Waals surface area (Å²) >= 11 is 0. The number of benzene rings is 3. The van der Waals surface area contributed by atoms with Crippen LogP contribution in [0.25, 0.3) is 11.0 Å². The molecule has 0 atom stereocenters. The molecule has 0 aliphatic heterocycles. The van der Waals surface area contributed by atoms with E-state index >= 15 is 0 Å². The first kappa shape index (κ1) is 21.3. The number of nitrogens with one attached hydrogen (secondary N) is 1. The van der Waals surface area contributed by atoms with Crippen molar-refractivity contribution in [2.45, 2.75) is 32.9 Å². The van der Waals surface area contributed by atoms with E-state index in [1.165, 1.54) is 0 Å². The molecule has 1 N–H and O–H groups in total. The molecule has 0 saturated carbocycles. The number of imidazole rings is 1. The molecule has 3 aromatic carbocycles. The summed E-state index contributed by atoms with van der Waals surface area (Å²) in [5.41, 5.74) is 6.39. The van der Waals surface area contributed by atoms with Crippen LogP contribution in [0.3, 0.4) is 0 Å². The van der Waals surface area contributed by atoms with Crippen LogP contribution in [0.4, 0.5) is 0 Å². The Morgan fingerprint density at radius 3 is 2.66 bits per heavy atom. The summed E-state index contributed by atoms with van der Waals surface area (Å²) in [4.78, 5) is 17.2. The highest BCUT2D eigenvalue weighted by Crippen LogP contribution is 2.21. The molecule has 162 valence electrons. The molecule has 32 heavy (non-hydrogen) atoms. The smallest absolute Gasteiger partial charge is 0.260 e. The molecule has 0 fully saturated rings. The fourth-order valence-corrected chi connectivity index (χ4v) is 3.48. The number of hydrogen-bond acceptors (Lipinski definition) is 4. The van der Waals surface area contributed by atoms with E-state index in [4.69, 9.17) is 4.74 Å². The zero-order valence-electron chi connectivity index (χ0n) is 18.2. The highest BCUT2D eigenvalue weighted by Gasteiger charge is 2.15. The van der Waals surface area contributed by atoms with E-state index in [0.29, 0.717) is 6.61 Å². The van der Waals surface area contributed by atoms with Crippen LogP contribution in [0, 0.1) is 0 Å². The van der Waals surface area contributed by atoms with Crippen molar-refractivity contribution in [3.8, 4) is 5.75 Å². The molecule has 0 saturated heterocycles. The Morgan fingerprint density at radius 1 is 1.06 bits per heavy atom. The molecule has 0 radical (unpaired) electrons. The van der Waals surface area contributed by atoms with Gasteiger partial charge in [-0.2, -0.15) is 5.10 Å². The van der Waals surface area contributed by atoms with E-state index in [1.54, 1.807) is 6.21 Å². The molecular formula is C26H26N4O2. The number of para-hydroxylation sites is 2. The Labute approximate surface area is 187 Å². The highest BCUT2D eigenvalue weighted by atomic mass is 16.5. The van der Waals surface area contributed by atoms with Crippen molar-refractivity contribution in [1.82, 2.24) is 15.0 Å². The van der Waals surface area contributed by atoms with Crippen LogP contribution in [0.5, 0.6) is 5.75 Å². The Balaban J connectivity index is 1.38. The first-order valence-electron chi connectivity index (χ1n) is 10.6. The lowest BCUT2D eigenvalue weighted by atomic mass is 10.2. The quantitative estimate of drug-likeness (QED) is 0.322. The van der Waals surface area contributed by atoms with Crippen LogP contribution in [-0.4, -0.2) is 21.7 Å². The van der Waals surface area contributed by atoms with Crippen molar-refractivity contribution in [3.05, 3.63) is 95.8 Å². The van der Waals surface area contributed by atoms with E-state index in [1.807, 2.05) is 83.4 Å². The molecule has 1 aromatic heterocycles. The first-order valence-corrected chi connectivity index (χ1v) is 10.6. The van der Waals surface area contributed by atoms with Gasteiger partial charge < -0.3 is 9.30 Å². The van der Waals surface area contributed by atoms with Gasteiger partial charge in [-0.25, -0.2) is 10.4 Å². The fourth-order valence-electron chi connectivity index (χ4n) is 3.48. The number of carbonyl (C=O) groups is 1. The average Bonchev–Trinajstić information content (AvgIpc) is 3.17. The maximum Gasteiger partial charge on any atom is 0.260 e.